The number of hydrogen-bond donors (Lipinski definition) is 1. The Bertz CT molecular complexity index is 267. The highest BCUT2D eigenvalue weighted by atomic mass is 16.5. The lowest BCUT2D eigenvalue weighted by molar-refractivity contribution is -0.101. The van der Waals surface area contributed by atoms with E-state index in [1.807, 2.05) is 0 Å². The van der Waals surface area contributed by atoms with Gasteiger partial charge in [0.05, 0.1) is 12.2 Å². The first kappa shape index (κ1) is 15.3. The maximum Gasteiger partial charge on any atom is 0.0753 e. The topological polar surface area (TPSA) is 24.5 Å². The number of nitrogens with zero attached hydrogens (tertiary/aromatic N) is 1. The van der Waals surface area contributed by atoms with Gasteiger partial charge < -0.3 is 10.1 Å². The van der Waals surface area contributed by atoms with E-state index in [0.717, 1.165) is 32.3 Å². The summed E-state index contributed by atoms with van der Waals surface area (Å²) in [5.41, 5.74) is 0.0276. The summed E-state index contributed by atoms with van der Waals surface area (Å²) >= 11 is 0. The maximum atomic E-state index is 5.87. The molecule has 2 rings (SSSR count). The molecule has 1 aliphatic heterocycles. The van der Waals surface area contributed by atoms with Crippen molar-refractivity contribution >= 4 is 0 Å². The first-order valence-corrected chi connectivity index (χ1v) is 8.24. The van der Waals surface area contributed by atoms with E-state index in [9.17, 15) is 0 Å². The highest BCUT2D eigenvalue weighted by Crippen LogP contribution is 2.26. The van der Waals surface area contributed by atoms with Crippen LogP contribution in [0.1, 0.15) is 59.3 Å². The largest absolute Gasteiger partial charge is 0.373 e. The van der Waals surface area contributed by atoms with Gasteiger partial charge in [-0.05, 0) is 39.7 Å². The minimum atomic E-state index is 0.0276. The number of hydrogen-bond acceptors (Lipinski definition) is 3. The molecule has 2 fully saturated rings. The average molecular weight is 268 g/mol. The Morgan fingerprint density at radius 1 is 1.21 bits per heavy atom. The number of morpholine rings is 1. The first-order chi connectivity index (χ1) is 9.12. The van der Waals surface area contributed by atoms with E-state index >= 15 is 0 Å². The second-order valence-corrected chi connectivity index (χ2v) is 6.84. The highest BCUT2D eigenvalue weighted by molar-refractivity contribution is 4.91. The molecule has 0 aromatic carbocycles. The summed E-state index contributed by atoms with van der Waals surface area (Å²) in [6, 6.07) is 1.41. The fraction of sp³-hybridized carbons (Fsp3) is 1.00. The number of ether oxygens (including phenoxy) is 1. The smallest absolute Gasteiger partial charge is 0.0753 e. The van der Waals surface area contributed by atoms with Gasteiger partial charge in [0.2, 0.25) is 0 Å². The van der Waals surface area contributed by atoms with Crippen LogP contribution in [-0.4, -0.2) is 48.8 Å². The Morgan fingerprint density at radius 3 is 2.74 bits per heavy atom. The van der Waals surface area contributed by atoms with Gasteiger partial charge in [-0.25, -0.2) is 0 Å². The van der Waals surface area contributed by atoms with Gasteiger partial charge in [-0.15, -0.1) is 0 Å². The fourth-order valence-corrected chi connectivity index (χ4v) is 3.63. The molecule has 0 aromatic heterocycles. The van der Waals surface area contributed by atoms with Crippen LogP contribution in [-0.2, 0) is 4.74 Å². The van der Waals surface area contributed by atoms with Crippen molar-refractivity contribution in [3.63, 3.8) is 0 Å². The van der Waals surface area contributed by atoms with E-state index in [1.165, 1.54) is 38.5 Å². The van der Waals surface area contributed by atoms with Crippen LogP contribution in [0.2, 0.25) is 0 Å². The molecule has 2 aliphatic rings. The van der Waals surface area contributed by atoms with Crippen molar-refractivity contribution in [2.75, 3.05) is 26.2 Å². The van der Waals surface area contributed by atoms with E-state index < -0.39 is 0 Å². The Labute approximate surface area is 119 Å². The zero-order valence-corrected chi connectivity index (χ0v) is 13.1. The van der Waals surface area contributed by atoms with Crippen molar-refractivity contribution in [3.05, 3.63) is 0 Å². The molecule has 0 amide bonds. The molecule has 0 radical (unpaired) electrons. The lowest BCUT2D eigenvalue weighted by Crippen LogP contribution is -2.57. The molecule has 0 spiro atoms. The van der Waals surface area contributed by atoms with E-state index in [-0.39, 0.29) is 5.60 Å². The van der Waals surface area contributed by atoms with Gasteiger partial charge >= 0.3 is 0 Å². The Morgan fingerprint density at radius 2 is 2.00 bits per heavy atom. The molecule has 0 bridgehead atoms. The van der Waals surface area contributed by atoms with Gasteiger partial charge in [0.1, 0.15) is 0 Å². The van der Waals surface area contributed by atoms with Crippen LogP contribution in [0.3, 0.4) is 0 Å². The summed E-state index contributed by atoms with van der Waals surface area (Å²) in [6.45, 7) is 11.0. The standard InChI is InChI=1S/C16H32N2O/c1-4-10-17-14-8-6-5-7-9-15(14)18-11-12-19-16(2,3)13-18/h14-15,17H,4-13H2,1-3H3. The first-order valence-electron chi connectivity index (χ1n) is 8.24. The lowest BCUT2D eigenvalue weighted by atomic mass is 9.97. The van der Waals surface area contributed by atoms with Gasteiger partial charge in [-0.2, -0.15) is 0 Å². The van der Waals surface area contributed by atoms with Crippen LogP contribution in [0, 0.1) is 0 Å². The second-order valence-electron chi connectivity index (χ2n) is 6.84. The molecular formula is C16H32N2O. The molecule has 1 saturated heterocycles. The zero-order valence-electron chi connectivity index (χ0n) is 13.1. The molecule has 0 aromatic rings. The molecule has 1 heterocycles. The summed E-state index contributed by atoms with van der Waals surface area (Å²) in [5, 5.41) is 3.80. The molecule has 2 unspecified atom stereocenters. The second kappa shape index (κ2) is 7.05. The molecular weight excluding hydrogens is 236 g/mol. The van der Waals surface area contributed by atoms with E-state index in [1.54, 1.807) is 0 Å². The summed E-state index contributed by atoms with van der Waals surface area (Å²) in [7, 11) is 0. The van der Waals surface area contributed by atoms with Crippen LogP contribution in [0.25, 0.3) is 0 Å². The predicted molar refractivity (Wildman–Crippen MR) is 80.6 cm³/mol. The normalized spacial score (nSPS) is 33.0. The van der Waals surface area contributed by atoms with Gasteiger partial charge in [0.15, 0.2) is 0 Å². The molecule has 19 heavy (non-hydrogen) atoms. The Hall–Kier alpha value is -0.120. The molecule has 1 aliphatic carbocycles. The summed E-state index contributed by atoms with van der Waals surface area (Å²) in [4.78, 5) is 2.70. The molecule has 112 valence electrons. The van der Waals surface area contributed by atoms with Gasteiger partial charge in [-0.1, -0.05) is 26.2 Å². The summed E-state index contributed by atoms with van der Waals surface area (Å²) in [5.74, 6) is 0. The van der Waals surface area contributed by atoms with Crippen molar-refractivity contribution in [2.45, 2.75) is 77.0 Å². The number of rotatable bonds is 4. The average Bonchev–Trinajstić information content (AvgIpc) is 2.60. The minimum absolute atomic E-state index is 0.0276. The maximum absolute atomic E-state index is 5.87. The van der Waals surface area contributed by atoms with E-state index in [4.69, 9.17) is 4.74 Å². The monoisotopic (exact) mass is 268 g/mol. The van der Waals surface area contributed by atoms with Crippen LogP contribution in [0.5, 0.6) is 0 Å². The lowest BCUT2D eigenvalue weighted by Gasteiger charge is -2.44. The van der Waals surface area contributed by atoms with E-state index in [2.05, 4.69) is 31.0 Å². The van der Waals surface area contributed by atoms with Gasteiger partial charge in [0.25, 0.3) is 0 Å². The molecule has 2 atom stereocenters. The van der Waals surface area contributed by atoms with Gasteiger partial charge in [0, 0.05) is 25.2 Å². The van der Waals surface area contributed by atoms with Crippen LogP contribution >= 0.6 is 0 Å². The molecule has 1 N–H and O–H groups in total. The fourth-order valence-electron chi connectivity index (χ4n) is 3.63. The zero-order chi connectivity index (χ0) is 13.7. The quantitative estimate of drug-likeness (QED) is 0.794. The third-order valence-electron chi connectivity index (χ3n) is 4.56. The highest BCUT2D eigenvalue weighted by Gasteiger charge is 2.35. The SMILES string of the molecule is CCCNC1CCCCCC1N1CCOC(C)(C)C1. The third kappa shape index (κ3) is 4.44. The van der Waals surface area contributed by atoms with Crippen LogP contribution in [0.4, 0.5) is 0 Å². The summed E-state index contributed by atoms with van der Waals surface area (Å²) < 4.78 is 5.87. The minimum Gasteiger partial charge on any atom is -0.373 e. The van der Waals surface area contributed by atoms with Crippen molar-refractivity contribution in [2.24, 2.45) is 0 Å². The van der Waals surface area contributed by atoms with Gasteiger partial charge in [-0.3, -0.25) is 4.90 Å². The Balaban J connectivity index is 1.99. The van der Waals surface area contributed by atoms with Crippen LogP contribution < -0.4 is 5.32 Å². The number of nitrogens with one attached hydrogen (secondary N) is 1. The predicted octanol–water partition coefficient (Wildman–Crippen LogP) is 2.80. The molecule has 1 saturated carbocycles. The van der Waals surface area contributed by atoms with Crippen molar-refractivity contribution in [3.8, 4) is 0 Å². The van der Waals surface area contributed by atoms with Crippen molar-refractivity contribution in [1.29, 1.82) is 0 Å². The van der Waals surface area contributed by atoms with Crippen molar-refractivity contribution < 1.29 is 4.74 Å². The molecule has 3 heteroatoms. The third-order valence-corrected chi connectivity index (χ3v) is 4.56. The van der Waals surface area contributed by atoms with Crippen LogP contribution in [0.15, 0.2) is 0 Å². The summed E-state index contributed by atoms with van der Waals surface area (Å²) in [6.07, 6.45) is 8.14. The van der Waals surface area contributed by atoms with Crippen molar-refractivity contribution in [1.82, 2.24) is 10.2 Å². The van der Waals surface area contributed by atoms with E-state index in [0.29, 0.717) is 6.04 Å². The molecule has 3 nitrogen and oxygen atoms in total. The Kier molecular flexibility index (Phi) is 5.67.